The molecule has 1 aliphatic heterocycles. The number of rotatable bonds is 3. The van der Waals surface area contributed by atoms with E-state index in [0.717, 1.165) is 48.8 Å². The number of fused-ring (bicyclic) bond motifs is 1. The zero-order chi connectivity index (χ0) is 11.7. The van der Waals surface area contributed by atoms with E-state index >= 15 is 0 Å². The summed E-state index contributed by atoms with van der Waals surface area (Å²) in [4.78, 5) is 7.67. The fourth-order valence-corrected chi connectivity index (χ4v) is 2.10. The molecule has 1 atom stereocenters. The molecule has 17 heavy (non-hydrogen) atoms. The molecular formula is C12H16N4O. The van der Waals surface area contributed by atoms with Crippen LogP contribution in [0.4, 0.5) is 11.6 Å². The summed E-state index contributed by atoms with van der Waals surface area (Å²) in [5.41, 5.74) is 8.37. The number of nitrogens with two attached hydrogens (primary N) is 1. The lowest BCUT2D eigenvalue weighted by atomic mass is 10.1. The van der Waals surface area contributed by atoms with Gasteiger partial charge in [-0.25, -0.2) is 4.98 Å². The van der Waals surface area contributed by atoms with Crippen molar-refractivity contribution in [1.82, 2.24) is 9.97 Å². The third kappa shape index (κ3) is 2.19. The first-order chi connectivity index (χ1) is 8.31. The summed E-state index contributed by atoms with van der Waals surface area (Å²) in [7, 11) is 0. The molecule has 2 aromatic rings. The Balaban J connectivity index is 1.72. The van der Waals surface area contributed by atoms with E-state index in [2.05, 4.69) is 15.3 Å². The molecule has 0 bridgehead atoms. The molecule has 0 aliphatic carbocycles. The van der Waals surface area contributed by atoms with E-state index in [4.69, 9.17) is 10.5 Å². The van der Waals surface area contributed by atoms with Crippen LogP contribution in [0.2, 0.25) is 0 Å². The van der Waals surface area contributed by atoms with Gasteiger partial charge in [0.1, 0.15) is 0 Å². The van der Waals surface area contributed by atoms with Crippen LogP contribution in [0.5, 0.6) is 0 Å². The molecule has 5 nitrogen and oxygen atoms in total. The number of nitrogen functional groups attached to an aromatic ring is 1. The number of H-pyrrole nitrogens is 1. The maximum absolute atomic E-state index is 5.72. The van der Waals surface area contributed by atoms with Gasteiger partial charge in [-0.15, -0.1) is 0 Å². The maximum atomic E-state index is 5.72. The van der Waals surface area contributed by atoms with Crippen molar-refractivity contribution in [3.8, 4) is 0 Å². The van der Waals surface area contributed by atoms with E-state index in [1.165, 1.54) is 0 Å². The highest BCUT2D eigenvalue weighted by atomic mass is 16.5. The molecule has 4 N–H and O–H groups in total. The van der Waals surface area contributed by atoms with Crippen LogP contribution >= 0.6 is 0 Å². The summed E-state index contributed by atoms with van der Waals surface area (Å²) in [6, 6.07) is 5.68. The Kier molecular flexibility index (Phi) is 2.60. The van der Waals surface area contributed by atoms with Crippen molar-refractivity contribution in [3.63, 3.8) is 0 Å². The second-order valence-electron chi connectivity index (χ2n) is 4.47. The Morgan fingerprint density at radius 1 is 1.53 bits per heavy atom. The number of aromatic nitrogens is 2. The summed E-state index contributed by atoms with van der Waals surface area (Å²) >= 11 is 0. The predicted octanol–water partition coefficient (Wildman–Crippen LogP) is 1.59. The number of imidazole rings is 1. The van der Waals surface area contributed by atoms with Gasteiger partial charge in [0.05, 0.1) is 17.6 Å². The van der Waals surface area contributed by atoms with Gasteiger partial charge in [0, 0.05) is 24.8 Å². The lowest BCUT2D eigenvalue weighted by molar-refractivity contribution is 0.187. The quantitative estimate of drug-likeness (QED) is 0.702. The molecule has 1 fully saturated rings. The molecule has 0 saturated carbocycles. The summed E-state index contributed by atoms with van der Waals surface area (Å²) in [5.74, 6) is 1.39. The minimum Gasteiger partial charge on any atom is -0.399 e. The topological polar surface area (TPSA) is 76.0 Å². The molecule has 1 saturated heterocycles. The molecule has 5 heteroatoms. The van der Waals surface area contributed by atoms with E-state index in [9.17, 15) is 0 Å². The molecule has 0 radical (unpaired) electrons. The largest absolute Gasteiger partial charge is 0.399 e. The highest BCUT2D eigenvalue weighted by Crippen LogP contribution is 2.18. The summed E-state index contributed by atoms with van der Waals surface area (Å²) in [6.45, 7) is 2.62. The first-order valence-corrected chi connectivity index (χ1v) is 5.88. The number of ether oxygens (including phenoxy) is 1. The van der Waals surface area contributed by atoms with E-state index in [0.29, 0.717) is 5.92 Å². The summed E-state index contributed by atoms with van der Waals surface area (Å²) < 4.78 is 5.33. The van der Waals surface area contributed by atoms with Crippen LogP contribution in [0, 0.1) is 5.92 Å². The fourth-order valence-electron chi connectivity index (χ4n) is 2.10. The maximum Gasteiger partial charge on any atom is 0.201 e. The number of nitrogens with zero attached hydrogens (tertiary/aromatic N) is 1. The molecule has 1 aliphatic rings. The molecule has 1 aromatic carbocycles. The fraction of sp³-hybridized carbons (Fsp3) is 0.417. The standard InChI is InChI=1S/C12H16N4O/c13-9-1-2-10-11(5-9)16-12(15-10)14-6-8-3-4-17-7-8/h1-2,5,8H,3-4,6-7,13H2,(H2,14,15,16). The van der Waals surface area contributed by atoms with Crippen LogP contribution in [-0.2, 0) is 4.74 Å². The van der Waals surface area contributed by atoms with Crippen molar-refractivity contribution >= 4 is 22.7 Å². The smallest absolute Gasteiger partial charge is 0.201 e. The van der Waals surface area contributed by atoms with Gasteiger partial charge in [-0.3, -0.25) is 0 Å². The Labute approximate surface area is 99.4 Å². The van der Waals surface area contributed by atoms with Gasteiger partial charge in [-0.1, -0.05) is 0 Å². The van der Waals surface area contributed by atoms with Gasteiger partial charge in [0.15, 0.2) is 0 Å². The molecule has 1 unspecified atom stereocenters. The minimum atomic E-state index is 0.591. The van der Waals surface area contributed by atoms with Crippen LogP contribution in [0.25, 0.3) is 11.0 Å². The molecule has 0 amide bonds. The van der Waals surface area contributed by atoms with Crippen molar-refractivity contribution in [2.24, 2.45) is 5.92 Å². The molecule has 90 valence electrons. The number of benzene rings is 1. The van der Waals surface area contributed by atoms with Gasteiger partial charge >= 0.3 is 0 Å². The third-order valence-electron chi connectivity index (χ3n) is 3.09. The number of aromatic amines is 1. The third-order valence-corrected chi connectivity index (χ3v) is 3.09. The van der Waals surface area contributed by atoms with Crippen LogP contribution in [0.15, 0.2) is 18.2 Å². The highest BCUT2D eigenvalue weighted by molar-refractivity contribution is 5.80. The Hall–Kier alpha value is -1.75. The normalized spacial score (nSPS) is 19.9. The van der Waals surface area contributed by atoms with Crippen LogP contribution < -0.4 is 11.1 Å². The Morgan fingerprint density at radius 3 is 3.29 bits per heavy atom. The van der Waals surface area contributed by atoms with Crippen molar-refractivity contribution < 1.29 is 4.74 Å². The van der Waals surface area contributed by atoms with Crippen LogP contribution in [-0.4, -0.2) is 29.7 Å². The minimum absolute atomic E-state index is 0.591. The molecule has 3 rings (SSSR count). The van der Waals surface area contributed by atoms with Gasteiger partial charge in [0.2, 0.25) is 5.95 Å². The average molecular weight is 232 g/mol. The molecular weight excluding hydrogens is 216 g/mol. The molecule has 1 aromatic heterocycles. The lowest BCUT2D eigenvalue weighted by Crippen LogP contribution is -2.14. The zero-order valence-electron chi connectivity index (χ0n) is 9.57. The lowest BCUT2D eigenvalue weighted by Gasteiger charge is -2.07. The molecule has 0 spiro atoms. The van der Waals surface area contributed by atoms with E-state index in [1.807, 2.05) is 18.2 Å². The van der Waals surface area contributed by atoms with E-state index < -0.39 is 0 Å². The summed E-state index contributed by atoms with van der Waals surface area (Å²) in [6.07, 6.45) is 1.13. The number of nitrogens with one attached hydrogen (secondary N) is 2. The van der Waals surface area contributed by atoms with E-state index in [-0.39, 0.29) is 0 Å². The van der Waals surface area contributed by atoms with Crippen molar-refractivity contribution in [2.45, 2.75) is 6.42 Å². The second-order valence-corrected chi connectivity index (χ2v) is 4.47. The summed E-state index contributed by atoms with van der Waals surface area (Å²) in [5, 5.41) is 3.31. The number of hydrogen-bond donors (Lipinski definition) is 3. The zero-order valence-corrected chi connectivity index (χ0v) is 9.57. The van der Waals surface area contributed by atoms with Crippen LogP contribution in [0.1, 0.15) is 6.42 Å². The van der Waals surface area contributed by atoms with Crippen molar-refractivity contribution in [2.75, 3.05) is 30.8 Å². The van der Waals surface area contributed by atoms with Crippen LogP contribution in [0.3, 0.4) is 0 Å². The van der Waals surface area contributed by atoms with Crippen molar-refractivity contribution in [3.05, 3.63) is 18.2 Å². The average Bonchev–Trinajstić information content (AvgIpc) is 2.94. The predicted molar refractivity (Wildman–Crippen MR) is 67.9 cm³/mol. The van der Waals surface area contributed by atoms with E-state index in [1.54, 1.807) is 0 Å². The molecule has 2 heterocycles. The van der Waals surface area contributed by atoms with Crippen molar-refractivity contribution in [1.29, 1.82) is 0 Å². The Bertz CT molecular complexity index is 516. The number of anilines is 2. The second kappa shape index (κ2) is 4.25. The SMILES string of the molecule is Nc1ccc2nc(NCC3CCOC3)[nH]c2c1. The highest BCUT2D eigenvalue weighted by Gasteiger charge is 2.15. The number of hydrogen-bond acceptors (Lipinski definition) is 4. The monoisotopic (exact) mass is 232 g/mol. The van der Waals surface area contributed by atoms with Gasteiger partial charge in [-0.2, -0.15) is 0 Å². The first kappa shape index (κ1) is 10.4. The van der Waals surface area contributed by atoms with Gasteiger partial charge in [0.25, 0.3) is 0 Å². The van der Waals surface area contributed by atoms with Gasteiger partial charge < -0.3 is 20.8 Å². The van der Waals surface area contributed by atoms with Gasteiger partial charge in [-0.05, 0) is 24.6 Å². The Morgan fingerprint density at radius 2 is 2.47 bits per heavy atom. The first-order valence-electron chi connectivity index (χ1n) is 5.88.